The maximum atomic E-state index is 12.9. The number of hydrogen-bond acceptors (Lipinski definition) is 4. The number of nitrogens with one attached hydrogen (secondary N) is 1. The number of sulfonamides is 1. The van der Waals surface area contributed by atoms with Gasteiger partial charge in [0.1, 0.15) is 4.90 Å². The number of hydrogen-bond donors (Lipinski definition) is 1. The first-order chi connectivity index (χ1) is 9.48. The summed E-state index contributed by atoms with van der Waals surface area (Å²) in [5, 5.41) is 3.10. The fourth-order valence-corrected chi connectivity index (χ4v) is 4.72. The lowest BCUT2D eigenvalue weighted by Crippen LogP contribution is -2.38. The average Bonchev–Trinajstić information content (AvgIpc) is 2.89. The molecule has 0 amide bonds. The first-order valence-electron chi connectivity index (χ1n) is 7.18. The predicted octanol–water partition coefficient (Wildman–Crippen LogP) is 2.32. The highest BCUT2D eigenvalue weighted by Crippen LogP contribution is 2.32. The normalized spacial score (nSPS) is 20.5. The third-order valence-electron chi connectivity index (χ3n) is 3.76. The van der Waals surface area contributed by atoms with E-state index in [9.17, 15) is 8.42 Å². The van der Waals surface area contributed by atoms with Gasteiger partial charge in [0.25, 0.3) is 0 Å². The van der Waals surface area contributed by atoms with Crippen molar-refractivity contribution in [3.8, 4) is 0 Å². The van der Waals surface area contributed by atoms with Crippen molar-refractivity contribution in [3.05, 3.63) is 18.5 Å². The van der Waals surface area contributed by atoms with Crippen LogP contribution >= 0.6 is 0 Å². The molecule has 2 rings (SSSR count). The summed E-state index contributed by atoms with van der Waals surface area (Å²) in [6.45, 7) is 7.38. The Hall–Kier alpha value is -1.14. The summed E-state index contributed by atoms with van der Waals surface area (Å²) in [5.74, 6) is 0.325. The van der Waals surface area contributed by atoms with Gasteiger partial charge in [0.15, 0.2) is 0 Å². The Balaban J connectivity index is 2.40. The van der Waals surface area contributed by atoms with Crippen LogP contribution in [-0.2, 0) is 10.0 Å². The third kappa shape index (κ3) is 2.81. The molecule has 1 aliphatic heterocycles. The van der Waals surface area contributed by atoms with Crippen LogP contribution in [0.15, 0.2) is 23.4 Å². The van der Waals surface area contributed by atoms with Crippen LogP contribution in [0, 0.1) is 5.92 Å². The van der Waals surface area contributed by atoms with Gasteiger partial charge in [-0.15, -0.1) is 0 Å². The molecule has 2 heterocycles. The van der Waals surface area contributed by atoms with Gasteiger partial charge in [0.2, 0.25) is 10.0 Å². The van der Waals surface area contributed by atoms with Gasteiger partial charge < -0.3 is 5.32 Å². The zero-order valence-corrected chi connectivity index (χ0v) is 13.2. The minimum Gasteiger partial charge on any atom is -0.384 e. The third-order valence-corrected chi connectivity index (χ3v) is 5.71. The Morgan fingerprint density at radius 1 is 1.50 bits per heavy atom. The molecule has 0 spiro atoms. The van der Waals surface area contributed by atoms with Crippen LogP contribution in [0.4, 0.5) is 5.69 Å². The van der Waals surface area contributed by atoms with Crippen molar-refractivity contribution in [1.82, 2.24) is 9.29 Å². The van der Waals surface area contributed by atoms with Crippen LogP contribution in [0.1, 0.15) is 33.6 Å². The highest BCUT2D eigenvalue weighted by Gasteiger charge is 2.37. The van der Waals surface area contributed by atoms with Crippen molar-refractivity contribution in [3.63, 3.8) is 0 Å². The van der Waals surface area contributed by atoms with Gasteiger partial charge in [-0.2, -0.15) is 4.31 Å². The minimum atomic E-state index is -3.48. The summed E-state index contributed by atoms with van der Waals surface area (Å²) in [6.07, 6.45) is 4.93. The van der Waals surface area contributed by atoms with E-state index in [0.717, 1.165) is 12.8 Å². The Morgan fingerprint density at radius 2 is 2.25 bits per heavy atom. The Bertz CT molecular complexity index is 557. The molecular weight excluding hydrogens is 274 g/mol. The van der Waals surface area contributed by atoms with E-state index in [1.54, 1.807) is 16.6 Å². The number of nitrogens with zero attached hydrogens (tertiary/aromatic N) is 2. The van der Waals surface area contributed by atoms with E-state index in [2.05, 4.69) is 24.1 Å². The minimum absolute atomic E-state index is 0.0923. The average molecular weight is 297 g/mol. The molecule has 1 atom stereocenters. The summed E-state index contributed by atoms with van der Waals surface area (Å²) in [6, 6.07) is 1.81. The van der Waals surface area contributed by atoms with Gasteiger partial charge >= 0.3 is 0 Å². The van der Waals surface area contributed by atoms with Crippen molar-refractivity contribution >= 4 is 15.7 Å². The smallest absolute Gasteiger partial charge is 0.246 e. The van der Waals surface area contributed by atoms with E-state index >= 15 is 0 Å². The first-order valence-corrected chi connectivity index (χ1v) is 8.62. The van der Waals surface area contributed by atoms with E-state index < -0.39 is 10.0 Å². The summed E-state index contributed by atoms with van der Waals surface area (Å²) >= 11 is 0. The van der Waals surface area contributed by atoms with Gasteiger partial charge in [0, 0.05) is 31.5 Å². The van der Waals surface area contributed by atoms with Crippen LogP contribution in [0.5, 0.6) is 0 Å². The molecule has 1 aliphatic rings. The molecule has 0 aromatic carbocycles. The van der Waals surface area contributed by atoms with Gasteiger partial charge in [-0.05, 0) is 31.7 Å². The summed E-state index contributed by atoms with van der Waals surface area (Å²) in [7, 11) is -3.48. The number of anilines is 1. The van der Waals surface area contributed by atoms with Crippen molar-refractivity contribution in [1.29, 1.82) is 0 Å². The number of pyridine rings is 1. The molecule has 112 valence electrons. The van der Waals surface area contributed by atoms with Crippen LogP contribution in [-0.4, -0.2) is 36.8 Å². The van der Waals surface area contributed by atoms with Crippen molar-refractivity contribution in [2.24, 2.45) is 5.92 Å². The molecule has 0 aliphatic carbocycles. The predicted molar refractivity (Wildman–Crippen MR) is 80.2 cm³/mol. The molecule has 1 fully saturated rings. The standard InChI is InChI=1S/C14H23N3O2S/c1-4-16-12-7-8-15-10-14(12)20(18,19)17-9-5-6-13(17)11(2)3/h7-8,10-11,13H,4-6,9H2,1-3H3,(H,15,16). The largest absolute Gasteiger partial charge is 0.384 e. The maximum absolute atomic E-state index is 12.9. The van der Waals surface area contributed by atoms with E-state index in [0.29, 0.717) is 24.7 Å². The van der Waals surface area contributed by atoms with E-state index in [-0.39, 0.29) is 10.9 Å². The maximum Gasteiger partial charge on any atom is 0.246 e. The highest BCUT2D eigenvalue weighted by molar-refractivity contribution is 7.89. The number of rotatable bonds is 5. The second-order valence-electron chi connectivity index (χ2n) is 5.47. The molecule has 1 unspecified atom stereocenters. The van der Waals surface area contributed by atoms with Crippen LogP contribution < -0.4 is 5.32 Å². The topological polar surface area (TPSA) is 62.3 Å². The van der Waals surface area contributed by atoms with Crippen molar-refractivity contribution in [2.45, 2.75) is 44.6 Å². The molecule has 0 bridgehead atoms. The zero-order valence-electron chi connectivity index (χ0n) is 12.3. The Morgan fingerprint density at radius 3 is 2.90 bits per heavy atom. The Kier molecular flexibility index (Phi) is 4.65. The molecular formula is C14H23N3O2S. The lowest BCUT2D eigenvalue weighted by molar-refractivity contribution is 0.316. The molecule has 1 aromatic heterocycles. The molecule has 20 heavy (non-hydrogen) atoms. The van der Waals surface area contributed by atoms with Gasteiger partial charge in [-0.25, -0.2) is 8.42 Å². The molecule has 0 saturated carbocycles. The second kappa shape index (κ2) is 6.10. The van der Waals surface area contributed by atoms with Crippen molar-refractivity contribution < 1.29 is 8.42 Å². The number of aromatic nitrogens is 1. The fraction of sp³-hybridized carbons (Fsp3) is 0.643. The zero-order chi connectivity index (χ0) is 14.8. The SMILES string of the molecule is CCNc1ccncc1S(=O)(=O)N1CCCC1C(C)C. The summed E-state index contributed by atoms with van der Waals surface area (Å²) in [5.41, 5.74) is 0.636. The summed E-state index contributed by atoms with van der Waals surface area (Å²) in [4.78, 5) is 4.28. The van der Waals surface area contributed by atoms with E-state index in [4.69, 9.17) is 0 Å². The molecule has 6 heteroatoms. The van der Waals surface area contributed by atoms with Crippen molar-refractivity contribution in [2.75, 3.05) is 18.4 Å². The fourth-order valence-electron chi connectivity index (χ4n) is 2.78. The molecule has 1 saturated heterocycles. The highest BCUT2D eigenvalue weighted by atomic mass is 32.2. The second-order valence-corrected chi connectivity index (χ2v) is 7.33. The molecule has 0 radical (unpaired) electrons. The van der Waals surface area contributed by atoms with Gasteiger partial charge in [-0.1, -0.05) is 13.8 Å². The Labute approximate surface area is 121 Å². The monoisotopic (exact) mass is 297 g/mol. The quantitative estimate of drug-likeness (QED) is 0.906. The first kappa shape index (κ1) is 15.3. The molecule has 1 aromatic rings. The summed E-state index contributed by atoms with van der Waals surface area (Å²) < 4.78 is 27.4. The lowest BCUT2D eigenvalue weighted by atomic mass is 10.0. The van der Waals surface area contributed by atoms with E-state index in [1.807, 2.05) is 6.92 Å². The molecule has 1 N–H and O–H groups in total. The lowest BCUT2D eigenvalue weighted by Gasteiger charge is -2.27. The van der Waals surface area contributed by atoms with Gasteiger partial charge in [0.05, 0.1) is 5.69 Å². The van der Waals surface area contributed by atoms with Gasteiger partial charge in [-0.3, -0.25) is 4.98 Å². The van der Waals surface area contributed by atoms with E-state index in [1.165, 1.54) is 6.20 Å². The van der Waals surface area contributed by atoms with Crippen LogP contribution in [0.3, 0.4) is 0 Å². The van der Waals surface area contributed by atoms with Crippen LogP contribution in [0.25, 0.3) is 0 Å². The molecule has 5 nitrogen and oxygen atoms in total. The van der Waals surface area contributed by atoms with Crippen LogP contribution in [0.2, 0.25) is 0 Å².